The van der Waals surface area contributed by atoms with E-state index in [9.17, 15) is 9.32 Å². The minimum absolute atomic E-state index is 0.109. The molecule has 1 aromatic carbocycles. The molecule has 0 fully saturated rings. The summed E-state index contributed by atoms with van der Waals surface area (Å²) in [7, 11) is 4.33. The molecule has 4 nitrogen and oxygen atoms in total. The molecule has 106 valence electrons. The molecule has 0 amide bonds. The Hall–Kier alpha value is -0.720. The van der Waals surface area contributed by atoms with Crippen LogP contribution >= 0.6 is 11.8 Å². The van der Waals surface area contributed by atoms with Crippen molar-refractivity contribution in [3.63, 3.8) is 0 Å². The summed E-state index contributed by atoms with van der Waals surface area (Å²) in [6.07, 6.45) is 2.49. The van der Waals surface area contributed by atoms with E-state index in [4.69, 9.17) is 4.74 Å². The molecule has 0 bridgehead atoms. The second-order valence-corrected chi connectivity index (χ2v) is 7.19. The van der Waals surface area contributed by atoms with Gasteiger partial charge in [-0.05, 0) is 18.1 Å². The number of thioether (sulfide) groups is 1. The van der Waals surface area contributed by atoms with Crippen LogP contribution < -0.4 is 4.90 Å². The van der Waals surface area contributed by atoms with Gasteiger partial charge in [0.25, 0.3) is 0 Å². The molecule has 0 spiro atoms. The molecule has 19 heavy (non-hydrogen) atoms. The topological polar surface area (TPSA) is 49.8 Å². The maximum absolute atomic E-state index is 11.9. The van der Waals surface area contributed by atoms with Crippen LogP contribution in [0.3, 0.4) is 0 Å². The first-order valence-electron chi connectivity index (χ1n) is 6.01. The van der Waals surface area contributed by atoms with E-state index in [-0.39, 0.29) is 11.2 Å². The molecule has 0 saturated heterocycles. The van der Waals surface area contributed by atoms with Gasteiger partial charge in [0, 0.05) is 43.7 Å². The van der Waals surface area contributed by atoms with Gasteiger partial charge in [-0.15, -0.1) is 11.8 Å². The largest absolute Gasteiger partial charge is 0.506 e. The van der Waals surface area contributed by atoms with Crippen molar-refractivity contribution in [3.8, 4) is 5.75 Å². The molecule has 2 atom stereocenters. The van der Waals surface area contributed by atoms with Gasteiger partial charge < -0.3 is 14.7 Å². The van der Waals surface area contributed by atoms with Crippen molar-refractivity contribution >= 4 is 28.2 Å². The van der Waals surface area contributed by atoms with Gasteiger partial charge in [-0.2, -0.15) is 0 Å². The van der Waals surface area contributed by atoms with Crippen LogP contribution in [0.2, 0.25) is 0 Å². The minimum Gasteiger partial charge on any atom is -0.506 e. The van der Waals surface area contributed by atoms with Crippen molar-refractivity contribution in [2.45, 2.75) is 16.8 Å². The first kappa shape index (κ1) is 14.7. The Morgan fingerprint density at radius 2 is 2.21 bits per heavy atom. The third-order valence-electron chi connectivity index (χ3n) is 3.21. The molecule has 6 heteroatoms. The summed E-state index contributed by atoms with van der Waals surface area (Å²) < 4.78 is 17.4. The maximum Gasteiger partial charge on any atom is 0.140 e. The highest BCUT2D eigenvalue weighted by Crippen LogP contribution is 2.46. The summed E-state index contributed by atoms with van der Waals surface area (Å²) in [5.41, 5.74) is 2.73. The quantitative estimate of drug-likeness (QED) is 0.927. The Labute approximate surface area is 120 Å². The van der Waals surface area contributed by atoms with Crippen LogP contribution in [0, 0.1) is 0 Å². The van der Waals surface area contributed by atoms with Crippen molar-refractivity contribution in [3.05, 3.63) is 17.2 Å². The molecule has 0 radical (unpaired) electrons. The standard InChI is InChI=1S/C13H19NO3S2/c1-14(2)12-8-5-6-18-13(17-3)11(8)10(19(4)16)7-9(12)15/h7,13,15H,5-6H2,1-4H3. The summed E-state index contributed by atoms with van der Waals surface area (Å²) in [5, 5.41) is 10.2. The molecule has 1 N–H and O–H groups in total. The lowest BCUT2D eigenvalue weighted by molar-refractivity contribution is 0.171. The molecule has 1 aliphatic rings. The molecular weight excluding hydrogens is 282 g/mol. The van der Waals surface area contributed by atoms with Crippen molar-refractivity contribution in [2.75, 3.05) is 38.1 Å². The number of nitrogens with zero attached hydrogens (tertiary/aromatic N) is 1. The van der Waals surface area contributed by atoms with Gasteiger partial charge in [0.15, 0.2) is 0 Å². The highest BCUT2D eigenvalue weighted by molar-refractivity contribution is 7.99. The fraction of sp³-hybridized carbons (Fsp3) is 0.538. The van der Waals surface area contributed by atoms with Gasteiger partial charge in [-0.1, -0.05) is 0 Å². The van der Waals surface area contributed by atoms with E-state index in [2.05, 4.69) is 0 Å². The number of anilines is 1. The molecule has 1 aromatic rings. The van der Waals surface area contributed by atoms with E-state index in [0.29, 0.717) is 4.90 Å². The monoisotopic (exact) mass is 301 g/mol. The molecule has 2 unspecified atom stereocenters. The van der Waals surface area contributed by atoms with Crippen molar-refractivity contribution < 1.29 is 14.1 Å². The van der Waals surface area contributed by atoms with Crippen LogP contribution in [0.4, 0.5) is 5.69 Å². The lowest BCUT2D eigenvalue weighted by Gasteiger charge is -2.30. The van der Waals surface area contributed by atoms with Crippen molar-refractivity contribution in [1.82, 2.24) is 0 Å². The average Bonchev–Trinajstić information content (AvgIpc) is 2.35. The number of hydrogen-bond acceptors (Lipinski definition) is 5. The number of fused-ring (bicyclic) bond motifs is 1. The Balaban J connectivity index is 2.74. The van der Waals surface area contributed by atoms with E-state index in [1.165, 1.54) is 0 Å². The number of phenols is 1. The maximum atomic E-state index is 11.9. The smallest absolute Gasteiger partial charge is 0.140 e. The summed E-state index contributed by atoms with van der Waals surface area (Å²) in [6.45, 7) is 0. The normalized spacial score (nSPS) is 19.9. The van der Waals surface area contributed by atoms with E-state index in [1.54, 1.807) is 31.2 Å². The number of aromatic hydroxyl groups is 1. The molecular formula is C13H19NO3S2. The molecule has 1 heterocycles. The summed E-state index contributed by atoms with van der Waals surface area (Å²) in [5.74, 6) is 1.13. The minimum atomic E-state index is -1.14. The Bertz CT molecular complexity index is 517. The van der Waals surface area contributed by atoms with E-state index >= 15 is 0 Å². The highest BCUT2D eigenvalue weighted by atomic mass is 32.2. The second kappa shape index (κ2) is 5.73. The molecule has 0 saturated carbocycles. The summed E-state index contributed by atoms with van der Waals surface area (Å²) in [6, 6.07) is 1.61. The van der Waals surface area contributed by atoms with Crippen LogP contribution in [-0.2, 0) is 22.0 Å². The fourth-order valence-electron chi connectivity index (χ4n) is 2.49. The number of methoxy groups -OCH3 is 1. The van der Waals surface area contributed by atoms with Gasteiger partial charge >= 0.3 is 0 Å². The average molecular weight is 301 g/mol. The zero-order valence-corrected chi connectivity index (χ0v) is 13.2. The Morgan fingerprint density at radius 1 is 1.53 bits per heavy atom. The van der Waals surface area contributed by atoms with E-state index in [1.807, 2.05) is 19.0 Å². The predicted molar refractivity (Wildman–Crippen MR) is 80.7 cm³/mol. The van der Waals surface area contributed by atoms with Crippen LogP contribution in [0.25, 0.3) is 0 Å². The van der Waals surface area contributed by atoms with Crippen LogP contribution in [0.1, 0.15) is 16.6 Å². The van der Waals surface area contributed by atoms with E-state index in [0.717, 1.165) is 29.0 Å². The van der Waals surface area contributed by atoms with Crippen LogP contribution in [0.5, 0.6) is 5.75 Å². The Kier molecular flexibility index (Phi) is 4.43. The zero-order chi connectivity index (χ0) is 14.2. The van der Waals surface area contributed by atoms with Crippen molar-refractivity contribution in [1.29, 1.82) is 0 Å². The molecule has 2 rings (SSSR count). The molecule has 1 aliphatic heterocycles. The predicted octanol–water partition coefficient (Wildman–Crippen LogP) is 2.13. The van der Waals surface area contributed by atoms with Crippen molar-refractivity contribution in [2.24, 2.45) is 0 Å². The second-order valence-electron chi connectivity index (χ2n) is 4.67. The molecule has 0 aliphatic carbocycles. The number of ether oxygens (including phenoxy) is 1. The summed E-state index contributed by atoms with van der Waals surface area (Å²) >= 11 is 1.71. The zero-order valence-electron chi connectivity index (χ0n) is 11.6. The van der Waals surface area contributed by atoms with Gasteiger partial charge in [-0.3, -0.25) is 4.21 Å². The fourth-order valence-corrected chi connectivity index (χ4v) is 4.49. The lowest BCUT2D eigenvalue weighted by Crippen LogP contribution is -2.19. The third-order valence-corrected chi connectivity index (χ3v) is 5.34. The first-order valence-corrected chi connectivity index (χ1v) is 8.62. The number of phenolic OH excluding ortho intramolecular Hbond substituents is 1. The van der Waals surface area contributed by atoms with Gasteiger partial charge in [0.05, 0.1) is 16.5 Å². The summed E-state index contributed by atoms with van der Waals surface area (Å²) in [4.78, 5) is 2.58. The van der Waals surface area contributed by atoms with Gasteiger partial charge in [0.2, 0.25) is 0 Å². The lowest BCUT2D eigenvalue weighted by atomic mass is 10.0. The van der Waals surface area contributed by atoms with Gasteiger partial charge in [-0.25, -0.2) is 0 Å². The SMILES string of the molecule is COC1SCCc2c1c(S(C)=O)cc(O)c2N(C)C. The Morgan fingerprint density at radius 3 is 2.74 bits per heavy atom. The molecule has 0 aromatic heterocycles. The third kappa shape index (κ3) is 2.61. The first-order chi connectivity index (χ1) is 8.97. The number of hydrogen-bond donors (Lipinski definition) is 1. The van der Waals surface area contributed by atoms with E-state index < -0.39 is 10.8 Å². The number of rotatable bonds is 3. The van der Waals surface area contributed by atoms with Crippen LogP contribution in [-0.4, -0.2) is 42.5 Å². The highest BCUT2D eigenvalue weighted by Gasteiger charge is 2.29. The van der Waals surface area contributed by atoms with Gasteiger partial charge in [0.1, 0.15) is 11.2 Å². The van der Waals surface area contributed by atoms with Crippen LogP contribution in [0.15, 0.2) is 11.0 Å². The number of benzene rings is 1.